The fourth-order valence-corrected chi connectivity index (χ4v) is 5.71. The van der Waals surface area contributed by atoms with E-state index in [-0.39, 0.29) is 18.2 Å². The lowest BCUT2D eigenvalue weighted by atomic mass is 9.71. The summed E-state index contributed by atoms with van der Waals surface area (Å²) in [5.74, 6) is -1.01. The molecule has 1 aromatic carbocycles. The van der Waals surface area contributed by atoms with Gasteiger partial charge in [0, 0.05) is 30.4 Å². The minimum Gasteiger partial charge on any atom is -0.389 e. The largest absolute Gasteiger partial charge is 0.416 e. The Bertz CT molecular complexity index is 1030. The minimum absolute atomic E-state index is 0.0204. The zero-order valence-corrected chi connectivity index (χ0v) is 20.0. The number of nitrogens with one attached hydrogen (secondary N) is 2. The highest BCUT2D eigenvalue weighted by molar-refractivity contribution is 5.84. The standard InChI is InChI=1S/C25H32F4N4O2/c1-23(2,35)24(22(34)30-15-16-11-18(25(27,28)29)13-19(26)12-16)7-3-20(14-24)33-9-5-17(6-10-33)21-4-8-31-32-21/h4,8,11-13,17,20,35H,3,5-7,9-10,14-15H2,1-2H3,(H,30,34)(H,31,32)/t20-,24-/m1/s1. The van der Waals surface area contributed by atoms with Gasteiger partial charge in [-0.3, -0.25) is 9.89 Å². The minimum atomic E-state index is -4.68. The predicted octanol–water partition coefficient (Wildman–Crippen LogP) is 4.37. The Morgan fingerprint density at radius 1 is 1.23 bits per heavy atom. The molecule has 1 saturated heterocycles. The van der Waals surface area contributed by atoms with Crippen molar-refractivity contribution in [2.75, 3.05) is 13.1 Å². The molecule has 0 radical (unpaired) electrons. The number of amides is 1. The highest BCUT2D eigenvalue weighted by Crippen LogP contribution is 2.49. The molecule has 35 heavy (non-hydrogen) atoms. The molecule has 1 aromatic heterocycles. The number of halogens is 4. The van der Waals surface area contributed by atoms with Crippen LogP contribution in [0.1, 0.15) is 68.7 Å². The van der Waals surface area contributed by atoms with E-state index in [2.05, 4.69) is 20.4 Å². The number of aliphatic hydroxyl groups is 1. The van der Waals surface area contributed by atoms with Crippen molar-refractivity contribution in [1.29, 1.82) is 0 Å². The van der Waals surface area contributed by atoms with E-state index in [1.54, 1.807) is 20.0 Å². The molecular weight excluding hydrogens is 464 g/mol. The Morgan fingerprint density at radius 3 is 2.54 bits per heavy atom. The molecule has 1 saturated carbocycles. The van der Waals surface area contributed by atoms with Gasteiger partial charge in [0.2, 0.25) is 5.91 Å². The van der Waals surface area contributed by atoms with Gasteiger partial charge in [-0.25, -0.2) is 4.39 Å². The molecule has 0 spiro atoms. The highest BCUT2D eigenvalue weighted by Gasteiger charge is 2.55. The van der Waals surface area contributed by atoms with E-state index in [0.717, 1.165) is 50.2 Å². The number of nitrogens with zero attached hydrogens (tertiary/aromatic N) is 2. The van der Waals surface area contributed by atoms with E-state index in [9.17, 15) is 27.5 Å². The number of piperidine rings is 1. The van der Waals surface area contributed by atoms with Crippen molar-refractivity contribution >= 4 is 5.91 Å². The van der Waals surface area contributed by atoms with Crippen molar-refractivity contribution < 1.29 is 27.5 Å². The van der Waals surface area contributed by atoms with E-state index in [1.807, 2.05) is 6.07 Å². The van der Waals surface area contributed by atoms with Gasteiger partial charge >= 0.3 is 6.18 Å². The van der Waals surface area contributed by atoms with E-state index >= 15 is 0 Å². The maximum atomic E-state index is 13.8. The van der Waals surface area contributed by atoms with Crippen molar-refractivity contribution in [3.05, 3.63) is 53.1 Å². The second-order valence-corrected chi connectivity index (χ2v) is 10.4. The summed E-state index contributed by atoms with van der Waals surface area (Å²) in [7, 11) is 0. The smallest absolute Gasteiger partial charge is 0.389 e. The molecule has 2 aromatic rings. The van der Waals surface area contributed by atoms with Crippen LogP contribution in [0.3, 0.4) is 0 Å². The lowest BCUT2D eigenvalue weighted by Gasteiger charge is -2.41. The molecule has 2 aliphatic rings. The number of rotatable bonds is 6. The third kappa shape index (κ3) is 5.38. The second kappa shape index (κ2) is 9.54. The third-order valence-corrected chi connectivity index (χ3v) is 7.84. The van der Waals surface area contributed by atoms with Crippen LogP contribution in [-0.4, -0.2) is 50.8 Å². The van der Waals surface area contributed by atoms with Gasteiger partial charge in [0.05, 0.1) is 16.6 Å². The van der Waals surface area contributed by atoms with E-state index in [4.69, 9.17) is 0 Å². The van der Waals surface area contributed by atoms with Gasteiger partial charge in [0.25, 0.3) is 0 Å². The van der Waals surface area contributed by atoms with E-state index in [1.165, 1.54) is 0 Å². The van der Waals surface area contributed by atoms with Crippen LogP contribution >= 0.6 is 0 Å². The predicted molar refractivity (Wildman–Crippen MR) is 122 cm³/mol. The Balaban J connectivity index is 1.42. The van der Waals surface area contributed by atoms with E-state index in [0.29, 0.717) is 24.8 Å². The molecule has 2 heterocycles. The van der Waals surface area contributed by atoms with Gasteiger partial charge < -0.3 is 15.3 Å². The zero-order valence-electron chi connectivity index (χ0n) is 20.0. The van der Waals surface area contributed by atoms with Crippen LogP contribution < -0.4 is 5.32 Å². The Morgan fingerprint density at radius 2 is 1.94 bits per heavy atom. The van der Waals surface area contributed by atoms with Gasteiger partial charge in [0.15, 0.2) is 0 Å². The maximum absolute atomic E-state index is 13.8. The van der Waals surface area contributed by atoms with Crippen LogP contribution in [0.2, 0.25) is 0 Å². The van der Waals surface area contributed by atoms with Crippen LogP contribution in [-0.2, 0) is 17.5 Å². The number of aromatic amines is 1. The molecule has 2 atom stereocenters. The van der Waals surface area contributed by atoms with Gasteiger partial charge in [-0.15, -0.1) is 0 Å². The number of hydrogen-bond acceptors (Lipinski definition) is 4. The van der Waals surface area contributed by atoms with E-state index < -0.39 is 34.5 Å². The van der Waals surface area contributed by atoms with Crippen molar-refractivity contribution in [2.24, 2.45) is 5.41 Å². The molecule has 1 aliphatic carbocycles. The first-order valence-corrected chi connectivity index (χ1v) is 12.0. The Hall–Kier alpha value is -2.46. The molecule has 1 aliphatic heterocycles. The second-order valence-electron chi connectivity index (χ2n) is 10.4. The average Bonchev–Trinajstić information content (AvgIpc) is 3.47. The van der Waals surface area contributed by atoms with Crippen LogP contribution in [0, 0.1) is 11.2 Å². The van der Waals surface area contributed by atoms with Crippen molar-refractivity contribution in [3.8, 4) is 0 Å². The van der Waals surface area contributed by atoms with Crippen molar-refractivity contribution in [3.63, 3.8) is 0 Å². The van der Waals surface area contributed by atoms with Gasteiger partial charge in [-0.2, -0.15) is 18.3 Å². The number of carbonyl (C=O) groups is 1. The molecule has 10 heteroatoms. The maximum Gasteiger partial charge on any atom is 0.416 e. The van der Waals surface area contributed by atoms with Crippen LogP contribution in [0.4, 0.5) is 17.6 Å². The summed E-state index contributed by atoms with van der Waals surface area (Å²) in [6.45, 7) is 4.70. The molecule has 0 bridgehead atoms. The summed E-state index contributed by atoms with van der Waals surface area (Å²) in [5.41, 5.74) is -2.37. The summed E-state index contributed by atoms with van der Waals surface area (Å²) < 4.78 is 52.9. The summed E-state index contributed by atoms with van der Waals surface area (Å²) in [4.78, 5) is 15.7. The number of benzene rings is 1. The number of hydrogen-bond donors (Lipinski definition) is 3. The van der Waals surface area contributed by atoms with Gasteiger partial charge in [0.1, 0.15) is 5.82 Å². The lowest BCUT2D eigenvalue weighted by Crippen LogP contribution is -2.53. The number of alkyl halides is 3. The summed E-state index contributed by atoms with van der Waals surface area (Å²) in [6, 6.07) is 4.37. The monoisotopic (exact) mass is 496 g/mol. The topological polar surface area (TPSA) is 81.2 Å². The summed E-state index contributed by atoms with van der Waals surface area (Å²) >= 11 is 0. The van der Waals surface area contributed by atoms with Gasteiger partial charge in [-0.1, -0.05) is 0 Å². The first-order chi connectivity index (χ1) is 16.4. The molecule has 6 nitrogen and oxygen atoms in total. The summed E-state index contributed by atoms with van der Waals surface area (Å²) in [6.07, 6.45) is 0.674. The Labute approximate surface area is 202 Å². The average molecular weight is 497 g/mol. The molecule has 192 valence electrons. The number of carbonyl (C=O) groups excluding carboxylic acids is 1. The Kier molecular flexibility index (Phi) is 6.98. The quantitative estimate of drug-likeness (QED) is 0.519. The first kappa shape index (κ1) is 25.6. The highest BCUT2D eigenvalue weighted by atomic mass is 19.4. The van der Waals surface area contributed by atoms with Crippen molar-refractivity contribution in [1.82, 2.24) is 20.4 Å². The molecule has 2 fully saturated rings. The first-order valence-electron chi connectivity index (χ1n) is 12.0. The zero-order chi connectivity index (χ0) is 25.4. The SMILES string of the molecule is CC(C)(O)[C@]1(C(=O)NCc2cc(F)cc(C(F)(F)F)c2)CC[C@@H](N2CCC(c3ccn[nH]3)CC2)C1. The molecule has 4 rings (SSSR count). The normalized spacial score (nSPS) is 24.6. The fourth-order valence-electron chi connectivity index (χ4n) is 5.71. The molecule has 3 N–H and O–H groups in total. The van der Waals surface area contributed by atoms with Crippen LogP contribution in [0.5, 0.6) is 0 Å². The summed E-state index contributed by atoms with van der Waals surface area (Å²) in [5, 5.41) is 20.8. The number of aromatic nitrogens is 2. The lowest BCUT2D eigenvalue weighted by molar-refractivity contribution is -0.147. The van der Waals surface area contributed by atoms with Gasteiger partial charge in [-0.05, 0) is 88.9 Å². The molecular formula is C25H32F4N4O2. The molecule has 0 unspecified atom stereocenters. The fraction of sp³-hybridized carbons (Fsp3) is 0.600. The number of H-pyrrole nitrogens is 1. The van der Waals surface area contributed by atoms with Crippen molar-refractivity contribution in [2.45, 2.75) is 76.2 Å². The van der Waals surface area contributed by atoms with Crippen LogP contribution in [0.25, 0.3) is 0 Å². The van der Waals surface area contributed by atoms with Crippen LogP contribution in [0.15, 0.2) is 30.5 Å². The number of likely N-dealkylation sites (tertiary alicyclic amines) is 1. The molecule has 1 amide bonds. The third-order valence-electron chi connectivity index (χ3n) is 7.84.